The third-order valence-corrected chi connectivity index (χ3v) is 7.83. The molecule has 43 heavy (non-hydrogen) atoms. The normalized spacial score (nSPS) is 15.6. The Morgan fingerprint density at radius 1 is 0.814 bits per heavy atom. The van der Waals surface area contributed by atoms with Gasteiger partial charge < -0.3 is 19.8 Å². The van der Waals surface area contributed by atoms with Crippen molar-refractivity contribution in [3.05, 3.63) is 48.6 Å². The van der Waals surface area contributed by atoms with Crippen LogP contribution in [-0.2, 0) is 18.4 Å². The smallest absolute Gasteiger partial charge is 0.391 e. The van der Waals surface area contributed by atoms with Gasteiger partial charge in [-0.15, -0.1) is 0 Å². The summed E-state index contributed by atoms with van der Waals surface area (Å²) in [5.41, 5.74) is 0. The Bertz CT molecular complexity index is 850. The zero-order valence-electron chi connectivity index (χ0n) is 27.9. The van der Waals surface area contributed by atoms with Gasteiger partial charge in [-0.3, -0.25) is 13.8 Å². The number of nitrogens with one attached hydrogen (secondary N) is 1. The average Bonchev–Trinajstić information content (AvgIpc) is 2.94. The summed E-state index contributed by atoms with van der Waals surface area (Å²) in [5, 5.41) is 13.6. The van der Waals surface area contributed by atoms with Gasteiger partial charge in [0.05, 0.1) is 39.9 Å². The SMILES string of the molecule is CC/C=C\C/C=C\C/C=C\C/C=C\CCCCCCC(=O)NC(COP(=O)(O)OCC[N+](C)(C)C)C(O)CCCCCC. The van der Waals surface area contributed by atoms with Crippen LogP contribution in [0.3, 0.4) is 0 Å². The lowest BCUT2D eigenvalue weighted by atomic mass is 10.0. The summed E-state index contributed by atoms with van der Waals surface area (Å²) in [5.74, 6) is -0.182. The van der Waals surface area contributed by atoms with Gasteiger partial charge in [0.25, 0.3) is 0 Å². The number of hydrogen-bond acceptors (Lipinski definition) is 5. The molecule has 0 rings (SSSR count). The molecular weight excluding hydrogens is 563 g/mol. The highest BCUT2D eigenvalue weighted by Crippen LogP contribution is 2.43. The third-order valence-electron chi connectivity index (χ3n) is 6.84. The standard InChI is InChI=1S/C34H63N2O6P/c1-6-8-10-12-13-14-15-16-17-18-19-20-21-22-23-24-26-28-34(38)35-32(33(37)27-25-11-9-7-2)31-42-43(39,40)41-30-29-36(3,4)5/h8,10,13-14,16-17,19-20,32-33,37H,6-7,9,11-12,15,18,21-31H2,1-5H3,(H-,35,38,39,40)/p+1/b10-8-,14-13-,17-16-,20-19-. The van der Waals surface area contributed by atoms with Crippen LogP contribution >= 0.6 is 7.82 Å². The molecule has 0 aliphatic heterocycles. The van der Waals surface area contributed by atoms with E-state index >= 15 is 0 Å². The fourth-order valence-electron chi connectivity index (χ4n) is 4.15. The van der Waals surface area contributed by atoms with Crippen molar-refractivity contribution >= 4 is 13.7 Å². The highest BCUT2D eigenvalue weighted by Gasteiger charge is 2.28. The highest BCUT2D eigenvalue weighted by molar-refractivity contribution is 7.47. The fraction of sp³-hybridized carbons (Fsp3) is 0.735. The number of phosphoric ester groups is 1. The van der Waals surface area contributed by atoms with E-state index in [-0.39, 0.29) is 19.1 Å². The topological polar surface area (TPSA) is 105 Å². The predicted molar refractivity (Wildman–Crippen MR) is 180 cm³/mol. The number of carbonyl (C=O) groups excluding carboxylic acids is 1. The minimum atomic E-state index is -4.29. The molecule has 250 valence electrons. The van der Waals surface area contributed by atoms with Crippen molar-refractivity contribution in [1.82, 2.24) is 5.32 Å². The van der Waals surface area contributed by atoms with Gasteiger partial charge in [-0.1, -0.05) is 101 Å². The Balaban J connectivity index is 4.35. The summed E-state index contributed by atoms with van der Waals surface area (Å²) in [6.45, 7) is 4.58. The maximum Gasteiger partial charge on any atom is 0.472 e. The molecule has 9 heteroatoms. The first-order chi connectivity index (χ1) is 20.5. The first-order valence-corrected chi connectivity index (χ1v) is 18.0. The molecule has 0 saturated carbocycles. The van der Waals surface area contributed by atoms with Gasteiger partial charge in [0.1, 0.15) is 13.2 Å². The van der Waals surface area contributed by atoms with E-state index in [9.17, 15) is 19.4 Å². The van der Waals surface area contributed by atoms with Crippen LogP contribution in [0.2, 0.25) is 0 Å². The maximum atomic E-state index is 12.6. The lowest BCUT2D eigenvalue weighted by Crippen LogP contribution is -2.46. The zero-order valence-corrected chi connectivity index (χ0v) is 28.8. The van der Waals surface area contributed by atoms with Crippen LogP contribution in [0.1, 0.15) is 110 Å². The highest BCUT2D eigenvalue weighted by atomic mass is 31.2. The van der Waals surface area contributed by atoms with Crippen molar-refractivity contribution in [2.24, 2.45) is 0 Å². The second kappa shape index (κ2) is 26.8. The third kappa shape index (κ3) is 29.0. The van der Waals surface area contributed by atoms with Crippen molar-refractivity contribution in [2.75, 3.05) is 40.9 Å². The molecule has 0 aromatic carbocycles. The minimum absolute atomic E-state index is 0.0656. The van der Waals surface area contributed by atoms with E-state index in [0.29, 0.717) is 23.9 Å². The minimum Gasteiger partial charge on any atom is -0.391 e. The number of phosphoric acid groups is 1. The molecule has 0 radical (unpaired) electrons. The molecule has 0 aliphatic rings. The van der Waals surface area contributed by atoms with E-state index in [1.807, 2.05) is 21.1 Å². The molecule has 8 nitrogen and oxygen atoms in total. The van der Waals surface area contributed by atoms with Gasteiger partial charge >= 0.3 is 7.82 Å². The summed E-state index contributed by atoms with van der Waals surface area (Å²) in [6, 6.07) is -0.769. The number of unbranched alkanes of at least 4 members (excludes halogenated alkanes) is 7. The van der Waals surface area contributed by atoms with Gasteiger partial charge in [-0.2, -0.15) is 0 Å². The molecule has 3 atom stereocenters. The zero-order chi connectivity index (χ0) is 32.2. The summed E-state index contributed by atoms with van der Waals surface area (Å²) in [7, 11) is 1.58. The number of nitrogens with zero attached hydrogens (tertiary/aromatic N) is 1. The average molecular weight is 628 g/mol. The monoisotopic (exact) mass is 627 g/mol. The number of rotatable bonds is 28. The van der Waals surface area contributed by atoms with Crippen molar-refractivity contribution in [3.8, 4) is 0 Å². The van der Waals surface area contributed by atoms with Gasteiger partial charge in [0.15, 0.2) is 0 Å². The van der Waals surface area contributed by atoms with E-state index in [1.165, 1.54) is 0 Å². The van der Waals surface area contributed by atoms with Crippen LogP contribution in [0.25, 0.3) is 0 Å². The van der Waals surface area contributed by atoms with Gasteiger partial charge in [-0.05, 0) is 51.4 Å². The van der Waals surface area contributed by atoms with Gasteiger partial charge in [0, 0.05) is 6.42 Å². The number of amides is 1. The largest absolute Gasteiger partial charge is 0.472 e. The molecular formula is C34H64N2O6P+. The fourth-order valence-corrected chi connectivity index (χ4v) is 4.89. The molecule has 3 N–H and O–H groups in total. The number of carbonyl (C=O) groups is 1. The Kier molecular flexibility index (Phi) is 25.9. The Morgan fingerprint density at radius 2 is 1.40 bits per heavy atom. The van der Waals surface area contributed by atoms with Crippen LogP contribution in [0, 0.1) is 0 Å². The Morgan fingerprint density at radius 3 is 2.00 bits per heavy atom. The van der Waals surface area contributed by atoms with Crippen LogP contribution in [0.5, 0.6) is 0 Å². The molecule has 0 fully saturated rings. The summed E-state index contributed by atoms with van der Waals surface area (Å²) >= 11 is 0. The second-order valence-corrected chi connectivity index (χ2v) is 13.6. The van der Waals surface area contributed by atoms with Crippen molar-refractivity contribution < 1.29 is 32.9 Å². The number of aliphatic hydroxyl groups excluding tert-OH is 1. The molecule has 1 amide bonds. The number of hydrogen-bond donors (Lipinski definition) is 3. The maximum absolute atomic E-state index is 12.6. The lowest BCUT2D eigenvalue weighted by Gasteiger charge is -2.26. The lowest BCUT2D eigenvalue weighted by molar-refractivity contribution is -0.870. The Hall–Kier alpha value is -1.54. The number of quaternary nitrogens is 1. The summed E-state index contributed by atoms with van der Waals surface area (Å²) in [6.07, 6.45) is 30.4. The molecule has 3 unspecified atom stereocenters. The second-order valence-electron chi connectivity index (χ2n) is 12.2. The van der Waals surface area contributed by atoms with Crippen LogP contribution in [0.4, 0.5) is 0 Å². The van der Waals surface area contributed by atoms with E-state index in [1.54, 1.807) is 0 Å². The summed E-state index contributed by atoms with van der Waals surface area (Å²) < 4.78 is 23.2. The Labute approximate surface area is 263 Å². The van der Waals surface area contributed by atoms with E-state index in [4.69, 9.17) is 9.05 Å². The number of aliphatic hydroxyl groups is 1. The van der Waals surface area contributed by atoms with Crippen LogP contribution < -0.4 is 5.32 Å². The van der Waals surface area contributed by atoms with Gasteiger partial charge in [-0.25, -0.2) is 4.57 Å². The molecule has 0 spiro atoms. The summed E-state index contributed by atoms with van der Waals surface area (Å²) in [4.78, 5) is 22.7. The van der Waals surface area contributed by atoms with E-state index in [0.717, 1.165) is 83.5 Å². The number of likely N-dealkylation sites (N-methyl/N-ethyl adjacent to an activating group) is 1. The first-order valence-electron chi connectivity index (χ1n) is 16.5. The predicted octanol–water partition coefficient (Wildman–Crippen LogP) is 7.79. The van der Waals surface area contributed by atoms with Crippen LogP contribution in [0.15, 0.2) is 48.6 Å². The molecule has 0 bridgehead atoms. The molecule has 0 heterocycles. The first kappa shape index (κ1) is 41.5. The van der Waals surface area contributed by atoms with Crippen molar-refractivity contribution in [3.63, 3.8) is 0 Å². The van der Waals surface area contributed by atoms with Gasteiger partial charge in [0.2, 0.25) is 5.91 Å². The number of allylic oxidation sites excluding steroid dienone is 8. The molecule has 0 aromatic rings. The molecule has 0 aromatic heterocycles. The van der Waals surface area contributed by atoms with Crippen LogP contribution in [-0.4, -0.2) is 73.4 Å². The van der Waals surface area contributed by atoms with Crippen molar-refractivity contribution in [2.45, 2.75) is 122 Å². The van der Waals surface area contributed by atoms with E-state index < -0.39 is 20.0 Å². The van der Waals surface area contributed by atoms with Crippen molar-refractivity contribution in [1.29, 1.82) is 0 Å². The quantitative estimate of drug-likeness (QED) is 0.0354. The molecule has 0 saturated heterocycles. The van der Waals surface area contributed by atoms with E-state index in [2.05, 4.69) is 67.8 Å². The molecule has 0 aliphatic carbocycles.